The molecule has 0 bridgehead atoms. The molecular formula is C26H46O3. The SMILES string of the molecule is CCCCCCCCCCCCCCCCOC[C@@H](O)COCc1ccccc1. The van der Waals surface area contributed by atoms with Gasteiger partial charge in [0.25, 0.3) is 0 Å². The van der Waals surface area contributed by atoms with Crippen molar-refractivity contribution in [1.82, 2.24) is 0 Å². The molecule has 0 amide bonds. The third-order valence-corrected chi connectivity index (χ3v) is 5.37. The Kier molecular flexibility index (Phi) is 18.4. The highest BCUT2D eigenvalue weighted by atomic mass is 16.5. The lowest BCUT2D eigenvalue weighted by Gasteiger charge is -2.12. The van der Waals surface area contributed by atoms with Crippen LogP contribution in [-0.4, -0.2) is 31.0 Å². The van der Waals surface area contributed by atoms with Crippen molar-refractivity contribution >= 4 is 0 Å². The maximum absolute atomic E-state index is 9.89. The number of hydrogen-bond donors (Lipinski definition) is 1. The minimum atomic E-state index is -0.537. The number of ether oxygens (including phenoxy) is 2. The van der Waals surface area contributed by atoms with E-state index in [2.05, 4.69) is 6.92 Å². The summed E-state index contributed by atoms with van der Waals surface area (Å²) in [6.07, 6.45) is 18.6. The molecule has 0 unspecified atom stereocenters. The van der Waals surface area contributed by atoms with E-state index in [1.807, 2.05) is 30.3 Å². The normalized spacial score (nSPS) is 12.3. The lowest BCUT2D eigenvalue weighted by Crippen LogP contribution is -2.22. The van der Waals surface area contributed by atoms with Crippen molar-refractivity contribution < 1.29 is 14.6 Å². The molecule has 1 N–H and O–H groups in total. The molecule has 3 nitrogen and oxygen atoms in total. The first kappa shape index (κ1) is 26.1. The summed E-state index contributed by atoms with van der Waals surface area (Å²) in [6.45, 7) is 4.26. The molecule has 1 aromatic rings. The van der Waals surface area contributed by atoms with Gasteiger partial charge in [0.05, 0.1) is 19.8 Å². The fourth-order valence-electron chi connectivity index (χ4n) is 3.55. The van der Waals surface area contributed by atoms with Gasteiger partial charge in [-0.1, -0.05) is 121 Å². The second kappa shape index (κ2) is 20.4. The lowest BCUT2D eigenvalue weighted by atomic mass is 10.0. The Morgan fingerprint density at radius 2 is 1.14 bits per heavy atom. The van der Waals surface area contributed by atoms with Crippen LogP contribution >= 0.6 is 0 Å². The van der Waals surface area contributed by atoms with E-state index in [1.165, 1.54) is 83.5 Å². The molecular weight excluding hydrogens is 360 g/mol. The highest BCUT2D eigenvalue weighted by molar-refractivity contribution is 5.13. The Bertz CT molecular complexity index is 435. The van der Waals surface area contributed by atoms with Gasteiger partial charge in [0.1, 0.15) is 6.10 Å². The smallest absolute Gasteiger partial charge is 0.101 e. The highest BCUT2D eigenvalue weighted by Crippen LogP contribution is 2.13. The zero-order chi connectivity index (χ0) is 20.8. The van der Waals surface area contributed by atoms with Crippen molar-refractivity contribution in [1.29, 1.82) is 0 Å². The Balaban J connectivity index is 1.74. The van der Waals surface area contributed by atoms with Gasteiger partial charge in [-0.05, 0) is 12.0 Å². The van der Waals surface area contributed by atoms with Crippen LogP contribution in [0.2, 0.25) is 0 Å². The van der Waals surface area contributed by atoms with Gasteiger partial charge in [-0.15, -0.1) is 0 Å². The highest BCUT2D eigenvalue weighted by Gasteiger charge is 2.04. The zero-order valence-corrected chi connectivity index (χ0v) is 19.0. The van der Waals surface area contributed by atoms with Gasteiger partial charge in [0, 0.05) is 6.61 Å². The molecule has 0 aromatic heterocycles. The van der Waals surface area contributed by atoms with E-state index < -0.39 is 6.10 Å². The van der Waals surface area contributed by atoms with Crippen molar-refractivity contribution in [3.05, 3.63) is 35.9 Å². The summed E-state index contributed by atoms with van der Waals surface area (Å²) in [4.78, 5) is 0. The standard InChI is InChI=1S/C26H46O3/c1-2-3-4-5-6-7-8-9-10-11-12-13-14-18-21-28-23-26(27)24-29-22-25-19-16-15-17-20-25/h15-17,19-20,26-27H,2-14,18,21-24H2,1H3/t26-/m1/s1. The van der Waals surface area contributed by atoms with E-state index in [0.717, 1.165) is 18.6 Å². The summed E-state index contributed by atoms with van der Waals surface area (Å²) >= 11 is 0. The maximum atomic E-state index is 9.89. The number of benzene rings is 1. The second-order valence-electron chi connectivity index (χ2n) is 8.33. The van der Waals surface area contributed by atoms with Crippen LogP contribution in [0.1, 0.15) is 102 Å². The van der Waals surface area contributed by atoms with E-state index in [0.29, 0.717) is 19.8 Å². The average molecular weight is 407 g/mol. The van der Waals surface area contributed by atoms with E-state index in [4.69, 9.17) is 9.47 Å². The van der Waals surface area contributed by atoms with Crippen molar-refractivity contribution in [2.75, 3.05) is 19.8 Å². The number of hydrogen-bond acceptors (Lipinski definition) is 3. The Morgan fingerprint density at radius 3 is 1.69 bits per heavy atom. The number of unbranched alkanes of at least 4 members (excludes halogenated alkanes) is 13. The van der Waals surface area contributed by atoms with Crippen LogP contribution in [0.25, 0.3) is 0 Å². The summed E-state index contributed by atoms with van der Waals surface area (Å²) in [6, 6.07) is 10.0. The van der Waals surface area contributed by atoms with Crippen LogP contribution in [-0.2, 0) is 16.1 Å². The Morgan fingerprint density at radius 1 is 0.655 bits per heavy atom. The largest absolute Gasteiger partial charge is 0.388 e. The molecule has 0 aliphatic carbocycles. The van der Waals surface area contributed by atoms with Crippen LogP contribution in [0.4, 0.5) is 0 Å². The minimum absolute atomic E-state index is 0.327. The molecule has 0 saturated carbocycles. The molecule has 0 aliphatic heterocycles. The molecule has 168 valence electrons. The van der Waals surface area contributed by atoms with Crippen LogP contribution in [0, 0.1) is 0 Å². The molecule has 1 rings (SSSR count). The third kappa shape index (κ3) is 17.7. The predicted octanol–water partition coefficient (Wildman–Crippen LogP) is 7.06. The lowest BCUT2D eigenvalue weighted by molar-refractivity contribution is -0.0239. The molecule has 0 aliphatic rings. The molecule has 3 heteroatoms. The van der Waals surface area contributed by atoms with Crippen LogP contribution in [0.3, 0.4) is 0 Å². The first-order chi connectivity index (χ1) is 14.3. The van der Waals surface area contributed by atoms with Crippen molar-refractivity contribution in [3.8, 4) is 0 Å². The zero-order valence-electron chi connectivity index (χ0n) is 19.0. The first-order valence-corrected chi connectivity index (χ1v) is 12.2. The summed E-state index contributed by atoms with van der Waals surface area (Å²) in [5.74, 6) is 0. The van der Waals surface area contributed by atoms with Gasteiger partial charge in [-0.2, -0.15) is 0 Å². The van der Waals surface area contributed by atoms with Crippen LogP contribution in [0.5, 0.6) is 0 Å². The van der Waals surface area contributed by atoms with Crippen molar-refractivity contribution in [2.45, 2.75) is 110 Å². The maximum Gasteiger partial charge on any atom is 0.101 e. The number of aliphatic hydroxyl groups excluding tert-OH is 1. The Hall–Kier alpha value is -0.900. The molecule has 0 spiro atoms. The van der Waals surface area contributed by atoms with Crippen molar-refractivity contribution in [2.24, 2.45) is 0 Å². The quantitative estimate of drug-likeness (QED) is 0.222. The summed E-state index contributed by atoms with van der Waals surface area (Å²) in [5, 5.41) is 9.89. The fourth-order valence-corrected chi connectivity index (χ4v) is 3.55. The second-order valence-corrected chi connectivity index (χ2v) is 8.33. The molecule has 0 fully saturated rings. The predicted molar refractivity (Wildman–Crippen MR) is 123 cm³/mol. The number of rotatable bonds is 21. The van der Waals surface area contributed by atoms with Gasteiger partial charge in [-0.3, -0.25) is 0 Å². The van der Waals surface area contributed by atoms with Gasteiger partial charge in [0.15, 0.2) is 0 Å². The van der Waals surface area contributed by atoms with E-state index in [1.54, 1.807) is 0 Å². The van der Waals surface area contributed by atoms with Gasteiger partial charge in [0.2, 0.25) is 0 Å². The summed E-state index contributed by atoms with van der Waals surface area (Å²) in [7, 11) is 0. The number of aliphatic hydroxyl groups is 1. The fraction of sp³-hybridized carbons (Fsp3) is 0.769. The van der Waals surface area contributed by atoms with Gasteiger partial charge >= 0.3 is 0 Å². The molecule has 1 aromatic carbocycles. The van der Waals surface area contributed by atoms with Crippen LogP contribution < -0.4 is 0 Å². The topological polar surface area (TPSA) is 38.7 Å². The molecule has 0 heterocycles. The summed E-state index contributed by atoms with van der Waals surface area (Å²) in [5.41, 5.74) is 1.13. The summed E-state index contributed by atoms with van der Waals surface area (Å²) < 4.78 is 11.1. The average Bonchev–Trinajstić information content (AvgIpc) is 2.74. The van der Waals surface area contributed by atoms with Crippen LogP contribution in [0.15, 0.2) is 30.3 Å². The van der Waals surface area contributed by atoms with Crippen molar-refractivity contribution in [3.63, 3.8) is 0 Å². The van der Waals surface area contributed by atoms with E-state index in [-0.39, 0.29) is 0 Å². The van der Waals surface area contributed by atoms with E-state index >= 15 is 0 Å². The van der Waals surface area contributed by atoms with E-state index in [9.17, 15) is 5.11 Å². The minimum Gasteiger partial charge on any atom is -0.388 e. The monoisotopic (exact) mass is 406 g/mol. The van der Waals surface area contributed by atoms with Gasteiger partial charge in [-0.25, -0.2) is 0 Å². The molecule has 0 saturated heterocycles. The van der Waals surface area contributed by atoms with Gasteiger partial charge < -0.3 is 14.6 Å². The molecule has 0 radical (unpaired) electrons. The Labute approximate surface area is 180 Å². The molecule has 1 atom stereocenters. The molecule has 29 heavy (non-hydrogen) atoms. The first-order valence-electron chi connectivity index (χ1n) is 12.2. The third-order valence-electron chi connectivity index (χ3n) is 5.37.